The van der Waals surface area contributed by atoms with Crippen molar-refractivity contribution in [1.29, 1.82) is 0 Å². The Morgan fingerprint density at radius 3 is 2.80 bits per heavy atom. The average Bonchev–Trinajstić information content (AvgIpc) is 3.72. The van der Waals surface area contributed by atoms with Gasteiger partial charge in [-0.2, -0.15) is 10.2 Å². The maximum Gasteiger partial charge on any atom is 0.253 e. The van der Waals surface area contributed by atoms with E-state index in [9.17, 15) is 4.79 Å². The van der Waals surface area contributed by atoms with Gasteiger partial charge in [-0.1, -0.05) is 11.6 Å². The smallest absolute Gasteiger partial charge is 0.253 e. The Morgan fingerprint density at radius 2 is 2.03 bits per heavy atom. The summed E-state index contributed by atoms with van der Waals surface area (Å²) >= 11 is 6.42. The van der Waals surface area contributed by atoms with Crippen molar-refractivity contribution in [3.8, 4) is 17.0 Å². The fourth-order valence-corrected chi connectivity index (χ4v) is 4.23. The van der Waals surface area contributed by atoms with Crippen LogP contribution in [0.5, 0.6) is 5.75 Å². The van der Waals surface area contributed by atoms with Crippen LogP contribution in [0.25, 0.3) is 11.3 Å². The number of rotatable bonds is 8. The van der Waals surface area contributed by atoms with E-state index in [-0.39, 0.29) is 5.91 Å². The van der Waals surface area contributed by atoms with Crippen LogP contribution in [-0.2, 0) is 11.3 Å². The lowest BCUT2D eigenvalue weighted by atomic mass is 10.1. The topological polar surface area (TPSA) is 89.5 Å². The highest BCUT2D eigenvalue weighted by molar-refractivity contribution is 6.32. The van der Waals surface area contributed by atoms with Crippen molar-refractivity contribution >= 4 is 23.3 Å². The standard InChI is InChI=1S/C26H28ClN5O3/c1-17-10-20(25(28-13-17)32-6-8-34-9-7-32)14-29-26(33)21-12-23(31-30-15-21)19-4-5-24(22(27)11-19)35-16-18-2-3-18/h4-5,10-13,15,18H,2-3,6-9,14,16H2,1H3,(H,29,33). The predicted octanol–water partition coefficient (Wildman–Crippen LogP) is 4.06. The second-order valence-corrected chi connectivity index (χ2v) is 9.41. The minimum Gasteiger partial charge on any atom is -0.492 e. The summed E-state index contributed by atoms with van der Waals surface area (Å²) in [6.07, 6.45) is 5.75. The van der Waals surface area contributed by atoms with Crippen molar-refractivity contribution in [2.75, 3.05) is 37.8 Å². The molecule has 1 aromatic carbocycles. The van der Waals surface area contributed by atoms with Crippen LogP contribution in [0, 0.1) is 12.8 Å². The minimum atomic E-state index is -0.230. The van der Waals surface area contributed by atoms with Gasteiger partial charge in [0.25, 0.3) is 5.91 Å². The molecule has 8 nitrogen and oxygen atoms in total. The van der Waals surface area contributed by atoms with Crippen LogP contribution in [-0.4, -0.2) is 54.0 Å². The quantitative estimate of drug-likeness (QED) is 0.506. The number of carbonyl (C=O) groups excluding carboxylic acids is 1. The molecule has 0 radical (unpaired) electrons. The molecular formula is C26H28ClN5O3. The average molecular weight is 494 g/mol. The number of benzene rings is 1. The Labute approximate surface area is 209 Å². The number of amides is 1. The molecule has 1 aliphatic heterocycles. The highest BCUT2D eigenvalue weighted by Crippen LogP contribution is 2.33. The summed E-state index contributed by atoms with van der Waals surface area (Å²) in [6.45, 7) is 5.95. The van der Waals surface area contributed by atoms with Gasteiger partial charge in [-0.15, -0.1) is 0 Å². The van der Waals surface area contributed by atoms with Crippen LogP contribution >= 0.6 is 11.6 Å². The molecule has 0 spiro atoms. The summed E-state index contributed by atoms with van der Waals surface area (Å²) in [4.78, 5) is 19.8. The lowest BCUT2D eigenvalue weighted by Crippen LogP contribution is -2.38. The Hall–Kier alpha value is -3.23. The van der Waals surface area contributed by atoms with Crippen LogP contribution in [0.3, 0.4) is 0 Å². The van der Waals surface area contributed by atoms with Crippen molar-refractivity contribution in [1.82, 2.24) is 20.5 Å². The third-order valence-electron chi connectivity index (χ3n) is 6.15. The summed E-state index contributed by atoms with van der Waals surface area (Å²) < 4.78 is 11.3. The molecule has 3 heterocycles. The van der Waals surface area contributed by atoms with E-state index in [4.69, 9.17) is 21.1 Å². The normalized spacial score (nSPS) is 15.7. The van der Waals surface area contributed by atoms with Crippen LogP contribution in [0.2, 0.25) is 5.02 Å². The number of carbonyl (C=O) groups is 1. The number of aryl methyl sites for hydroxylation is 1. The Morgan fingerprint density at radius 1 is 1.20 bits per heavy atom. The highest BCUT2D eigenvalue weighted by Gasteiger charge is 2.22. The van der Waals surface area contributed by atoms with Crippen molar-refractivity contribution < 1.29 is 14.3 Å². The number of nitrogens with one attached hydrogen (secondary N) is 1. The molecule has 3 aromatic rings. The van der Waals surface area contributed by atoms with E-state index in [1.807, 2.05) is 25.3 Å². The summed E-state index contributed by atoms with van der Waals surface area (Å²) in [5.74, 6) is 1.96. The molecule has 1 saturated heterocycles. The van der Waals surface area contributed by atoms with Gasteiger partial charge >= 0.3 is 0 Å². The first-order valence-electron chi connectivity index (χ1n) is 11.9. The van der Waals surface area contributed by atoms with E-state index >= 15 is 0 Å². The third kappa shape index (κ3) is 5.89. The van der Waals surface area contributed by atoms with E-state index in [1.165, 1.54) is 19.0 Å². The summed E-state index contributed by atoms with van der Waals surface area (Å²) in [5.41, 5.74) is 3.78. The third-order valence-corrected chi connectivity index (χ3v) is 6.44. The first kappa shape index (κ1) is 23.5. The van der Waals surface area contributed by atoms with E-state index in [1.54, 1.807) is 12.1 Å². The number of hydrogen-bond acceptors (Lipinski definition) is 7. The van der Waals surface area contributed by atoms with Gasteiger partial charge in [-0.05, 0) is 61.6 Å². The maximum atomic E-state index is 13.0. The number of morpholine rings is 1. The summed E-state index contributed by atoms with van der Waals surface area (Å²) in [6, 6.07) is 9.29. The molecule has 2 aromatic heterocycles. The summed E-state index contributed by atoms with van der Waals surface area (Å²) in [5, 5.41) is 11.8. The molecule has 182 valence electrons. The largest absolute Gasteiger partial charge is 0.492 e. The number of nitrogens with zero attached hydrogens (tertiary/aromatic N) is 4. The number of hydrogen-bond donors (Lipinski definition) is 1. The van der Waals surface area contributed by atoms with Gasteiger partial charge in [0.15, 0.2) is 0 Å². The predicted molar refractivity (Wildman–Crippen MR) is 134 cm³/mol. The molecule has 0 atom stereocenters. The zero-order valence-corrected chi connectivity index (χ0v) is 20.4. The molecule has 1 aliphatic carbocycles. The van der Waals surface area contributed by atoms with Gasteiger partial charge in [0.1, 0.15) is 11.6 Å². The fraction of sp³-hybridized carbons (Fsp3) is 0.385. The fourth-order valence-electron chi connectivity index (χ4n) is 3.99. The molecule has 1 N–H and O–H groups in total. The zero-order chi connectivity index (χ0) is 24.2. The lowest BCUT2D eigenvalue weighted by Gasteiger charge is -2.29. The molecule has 1 amide bonds. The van der Waals surface area contributed by atoms with E-state index < -0.39 is 0 Å². The van der Waals surface area contributed by atoms with Gasteiger partial charge in [0, 0.05) is 37.0 Å². The van der Waals surface area contributed by atoms with Crippen LogP contribution < -0.4 is 15.0 Å². The molecule has 5 rings (SSSR count). The second kappa shape index (κ2) is 10.6. The van der Waals surface area contributed by atoms with Gasteiger partial charge < -0.3 is 19.7 Å². The number of pyridine rings is 1. The van der Waals surface area contributed by atoms with E-state index in [2.05, 4.69) is 31.5 Å². The van der Waals surface area contributed by atoms with Crippen LogP contribution in [0.1, 0.15) is 34.3 Å². The van der Waals surface area contributed by atoms with Crippen LogP contribution in [0.15, 0.2) is 42.7 Å². The lowest BCUT2D eigenvalue weighted by molar-refractivity contribution is 0.0950. The zero-order valence-electron chi connectivity index (χ0n) is 19.7. The van der Waals surface area contributed by atoms with Gasteiger partial charge in [0.2, 0.25) is 0 Å². The van der Waals surface area contributed by atoms with E-state index in [0.717, 1.165) is 35.6 Å². The van der Waals surface area contributed by atoms with Crippen molar-refractivity contribution in [2.45, 2.75) is 26.3 Å². The van der Waals surface area contributed by atoms with Gasteiger partial charge in [-0.3, -0.25) is 4.79 Å². The maximum absolute atomic E-state index is 13.0. The van der Waals surface area contributed by atoms with Gasteiger partial charge in [0.05, 0.1) is 42.3 Å². The van der Waals surface area contributed by atoms with Crippen LogP contribution in [0.4, 0.5) is 5.82 Å². The minimum absolute atomic E-state index is 0.230. The molecular weight excluding hydrogens is 466 g/mol. The Balaban J connectivity index is 1.27. The van der Waals surface area contributed by atoms with E-state index in [0.29, 0.717) is 54.3 Å². The molecule has 0 bridgehead atoms. The second-order valence-electron chi connectivity index (χ2n) is 9.01. The first-order valence-corrected chi connectivity index (χ1v) is 12.3. The number of anilines is 1. The van der Waals surface area contributed by atoms with Gasteiger partial charge in [-0.25, -0.2) is 4.98 Å². The van der Waals surface area contributed by atoms with Crippen molar-refractivity contribution in [3.63, 3.8) is 0 Å². The number of aromatic nitrogens is 3. The SMILES string of the molecule is Cc1cnc(N2CCOCC2)c(CNC(=O)c2cnnc(-c3ccc(OCC4CC4)c(Cl)c3)c2)c1. The monoisotopic (exact) mass is 493 g/mol. The van der Waals surface area contributed by atoms with Crippen molar-refractivity contribution in [3.05, 3.63) is 64.4 Å². The summed E-state index contributed by atoms with van der Waals surface area (Å²) in [7, 11) is 0. The molecule has 2 fully saturated rings. The molecule has 0 unspecified atom stereocenters. The van der Waals surface area contributed by atoms with Crippen molar-refractivity contribution in [2.24, 2.45) is 5.92 Å². The Bertz CT molecular complexity index is 1210. The number of ether oxygens (including phenoxy) is 2. The number of halogens is 1. The molecule has 1 saturated carbocycles. The molecule has 2 aliphatic rings. The molecule has 9 heteroatoms. The Kier molecular flexibility index (Phi) is 7.11. The molecule has 35 heavy (non-hydrogen) atoms. The first-order chi connectivity index (χ1) is 17.1. The highest BCUT2D eigenvalue weighted by atomic mass is 35.5.